The van der Waals surface area contributed by atoms with Gasteiger partial charge in [-0.1, -0.05) is 13.0 Å². The second kappa shape index (κ2) is 5.49. The molecule has 1 unspecified atom stereocenters. The number of hydrogen-bond acceptors (Lipinski definition) is 5. The van der Waals surface area contributed by atoms with E-state index in [0.29, 0.717) is 36.7 Å². The molecule has 1 aromatic carbocycles. The third-order valence-corrected chi connectivity index (χ3v) is 4.09. The van der Waals surface area contributed by atoms with Crippen molar-refractivity contribution in [3.05, 3.63) is 23.8 Å². The molecule has 22 heavy (non-hydrogen) atoms. The smallest absolute Gasteiger partial charge is 0.325 e. The van der Waals surface area contributed by atoms with Crippen molar-refractivity contribution in [2.24, 2.45) is 5.73 Å². The lowest BCUT2D eigenvalue weighted by Crippen LogP contribution is -2.43. The Morgan fingerprint density at radius 1 is 1.27 bits per heavy atom. The SMILES string of the molecule is CCC1(c2ccc3c(c2)OCCO3)NC(=O)N(CCN)C1=O. The highest BCUT2D eigenvalue weighted by Crippen LogP contribution is 2.38. The van der Waals surface area contributed by atoms with E-state index in [1.807, 2.05) is 6.92 Å². The van der Waals surface area contributed by atoms with Gasteiger partial charge in [0, 0.05) is 13.1 Å². The van der Waals surface area contributed by atoms with Gasteiger partial charge in [0.25, 0.3) is 5.91 Å². The number of carbonyl (C=O) groups is 2. The van der Waals surface area contributed by atoms with E-state index in [-0.39, 0.29) is 19.0 Å². The molecule has 118 valence electrons. The summed E-state index contributed by atoms with van der Waals surface area (Å²) in [4.78, 5) is 26.0. The topological polar surface area (TPSA) is 93.9 Å². The fraction of sp³-hybridized carbons (Fsp3) is 0.467. The summed E-state index contributed by atoms with van der Waals surface area (Å²) in [5.41, 5.74) is 5.11. The highest BCUT2D eigenvalue weighted by atomic mass is 16.6. The molecule has 3 N–H and O–H groups in total. The van der Waals surface area contributed by atoms with Crippen LogP contribution in [0.15, 0.2) is 18.2 Å². The number of nitrogens with zero attached hydrogens (tertiary/aromatic N) is 1. The Hall–Kier alpha value is -2.28. The van der Waals surface area contributed by atoms with Gasteiger partial charge in [0.15, 0.2) is 11.5 Å². The molecule has 0 radical (unpaired) electrons. The third kappa shape index (κ3) is 2.09. The van der Waals surface area contributed by atoms with E-state index in [9.17, 15) is 9.59 Å². The number of carbonyl (C=O) groups excluding carboxylic acids is 2. The maximum atomic E-state index is 12.7. The van der Waals surface area contributed by atoms with Crippen LogP contribution in [0.3, 0.4) is 0 Å². The van der Waals surface area contributed by atoms with Crippen molar-refractivity contribution in [2.75, 3.05) is 26.3 Å². The van der Waals surface area contributed by atoms with Crippen LogP contribution in [0.4, 0.5) is 4.79 Å². The number of rotatable bonds is 4. The van der Waals surface area contributed by atoms with Gasteiger partial charge >= 0.3 is 6.03 Å². The predicted octanol–water partition coefficient (Wildman–Crippen LogP) is 0.574. The Bertz CT molecular complexity index is 619. The van der Waals surface area contributed by atoms with Crippen LogP contribution in [0, 0.1) is 0 Å². The van der Waals surface area contributed by atoms with Crippen LogP contribution in [0.25, 0.3) is 0 Å². The molecule has 0 aromatic heterocycles. The summed E-state index contributed by atoms with van der Waals surface area (Å²) in [7, 11) is 0. The highest BCUT2D eigenvalue weighted by molar-refractivity contribution is 6.07. The van der Waals surface area contributed by atoms with Gasteiger partial charge in [-0.05, 0) is 24.1 Å². The number of imide groups is 1. The average Bonchev–Trinajstić information content (AvgIpc) is 2.80. The molecular weight excluding hydrogens is 286 g/mol. The zero-order valence-corrected chi connectivity index (χ0v) is 12.4. The highest BCUT2D eigenvalue weighted by Gasteiger charge is 2.51. The number of benzene rings is 1. The van der Waals surface area contributed by atoms with Gasteiger partial charge in [-0.25, -0.2) is 4.79 Å². The minimum atomic E-state index is -1.07. The van der Waals surface area contributed by atoms with Gasteiger partial charge < -0.3 is 20.5 Å². The minimum absolute atomic E-state index is 0.205. The molecule has 0 bridgehead atoms. The lowest BCUT2D eigenvalue weighted by molar-refractivity contribution is -0.131. The van der Waals surface area contributed by atoms with E-state index in [4.69, 9.17) is 15.2 Å². The lowest BCUT2D eigenvalue weighted by Gasteiger charge is -2.27. The number of urea groups is 1. The van der Waals surface area contributed by atoms with Gasteiger partial charge in [0.1, 0.15) is 18.8 Å². The van der Waals surface area contributed by atoms with Gasteiger partial charge in [-0.15, -0.1) is 0 Å². The number of ether oxygens (including phenoxy) is 2. The first-order valence-corrected chi connectivity index (χ1v) is 7.36. The van der Waals surface area contributed by atoms with Gasteiger partial charge in [0.05, 0.1) is 0 Å². The molecule has 1 aromatic rings. The normalized spacial score (nSPS) is 23.6. The number of fused-ring (bicyclic) bond motifs is 1. The molecule has 1 fully saturated rings. The molecule has 3 rings (SSSR count). The van der Waals surface area contributed by atoms with E-state index in [0.717, 1.165) is 0 Å². The number of hydrogen-bond donors (Lipinski definition) is 2. The van der Waals surface area contributed by atoms with Crippen LogP contribution in [-0.4, -0.2) is 43.1 Å². The van der Waals surface area contributed by atoms with Crippen LogP contribution in [0.2, 0.25) is 0 Å². The molecule has 3 amide bonds. The van der Waals surface area contributed by atoms with Crippen molar-refractivity contribution < 1.29 is 19.1 Å². The summed E-state index contributed by atoms with van der Waals surface area (Å²) in [6.07, 6.45) is 0.443. The van der Waals surface area contributed by atoms with Crippen LogP contribution in [0.5, 0.6) is 11.5 Å². The van der Waals surface area contributed by atoms with Gasteiger partial charge in [-0.2, -0.15) is 0 Å². The third-order valence-electron chi connectivity index (χ3n) is 4.09. The monoisotopic (exact) mass is 305 g/mol. The summed E-state index contributed by atoms with van der Waals surface area (Å²) in [5.74, 6) is 0.967. The molecule has 2 aliphatic rings. The Morgan fingerprint density at radius 2 is 2.00 bits per heavy atom. The maximum Gasteiger partial charge on any atom is 0.325 e. The zero-order chi connectivity index (χ0) is 15.7. The Labute approximate surface area is 128 Å². The minimum Gasteiger partial charge on any atom is -0.486 e. The number of nitrogens with two attached hydrogens (primary N) is 1. The summed E-state index contributed by atoms with van der Waals surface area (Å²) in [5, 5.41) is 2.81. The Balaban J connectivity index is 2.00. The second-order valence-corrected chi connectivity index (χ2v) is 5.29. The quantitative estimate of drug-likeness (QED) is 0.793. The van der Waals surface area contributed by atoms with Crippen LogP contribution >= 0.6 is 0 Å². The maximum absolute atomic E-state index is 12.7. The molecule has 7 heteroatoms. The van der Waals surface area contributed by atoms with Crippen LogP contribution in [-0.2, 0) is 10.3 Å². The van der Waals surface area contributed by atoms with Crippen molar-refractivity contribution in [3.8, 4) is 11.5 Å². The van der Waals surface area contributed by atoms with Crippen LogP contribution < -0.4 is 20.5 Å². The molecule has 2 heterocycles. The summed E-state index contributed by atoms with van der Waals surface area (Å²) >= 11 is 0. The molecule has 0 spiro atoms. The lowest BCUT2D eigenvalue weighted by atomic mass is 9.87. The molecule has 0 aliphatic carbocycles. The summed E-state index contributed by atoms with van der Waals surface area (Å²) in [6, 6.07) is 4.92. The van der Waals surface area contributed by atoms with E-state index in [1.54, 1.807) is 18.2 Å². The Kier molecular flexibility index (Phi) is 3.66. The van der Waals surface area contributed by atoms with E-state index < -0.39 is 11.6 Å². The van der Waals surface area contributed by atoms with E-state index in [2.05, 4.69) is 5.32 Å². The molecule has 7 nitrogen and oxygen atoms in total. The molecule has 1 saturated heterocycles. The molecule has 2 aliphatic heterocycles. The first kappa shape index (κ1) is 14.6. The first-order valence-electron chi connectivity index (χ1n) is 7.36. The van der Waals surface area contributed by atoms with Crippen molar-refractivity contribution in [3.63, 3.8) is 0 Å². The fourth-order valence-corrected chi connectivity index (χ4v) is 2.91. The first-order chi connectivity index (χ1) is 10.6. The molecule has 0 saturated carbocycles. The van der Waals surface area contributed by atoms with Gasteiger partial charge in [0.2, 0.25) is 0 Å². The molecule has 1 atom stereocenters. The summed E-state index contributed by atoms with van der Waals surface area (Å²) < 4.78 is 11.1. The van der Waals surface area contributed by atoms with Crippen molar-refractivity contribution in [2.45, 2.75) is 18.9 Å². The number of nitrogens with one attached hydrogen (secondary N) is 1. The Morgan fingerprint density at radius 3 is 2.68 bits per heavy atom. The van der Waals surface area contributed by atoms with Crippen LogP contribution in [0.1, 0.15) is 18.9 Å². The average molecular weight is 305 g/mol. The van der Waals surface area contributed by atoms with Gasteiger partial charge in [-0.3, -0.25) is 9.69 Å². The summed E-state index contributed by atoms with van der Waals surface area (Å²) in [6.45, 7) is 3.28. The van der Waals surface area contributed by atoms with Crippen molar-refractivity contribution in [1.29, 1.82) is 0 Å². The largest absolute Gasteiger partial charge is 0.486 e. The molecular formula is C15H19N3O4. The zero-order valence-electron chi connectivity index (χ0n) is 12.4. The standard InChI is InChI=1S/C15H19N3O4/c1-2-15(13(19)18(6-5-16)14(20)17-15)10-3-4-11-12(9-10)22-8-7-21-11/h3-4,9H,2,5-8,16H2,1H3,(H,17,20). The number of amides is 3. The van der Waals surface area contributed by atoms with Crippen molar-refractivity contribution in [1.82, 2.24) is 10.2 Å². The van der Waals surface area contributed by atoms with Crippen molar-refractivity contribution >= 4 is 11.9 Å². The second-order valence-electron chi connectivity index (χ2n) is 5.29. The predicted molar refractivity (Wildman–Crippen MR) is 78.7 cm³/mol. The fourth-order valence-electron chi connectivity index (χ4n) is 2.91. The van der Waals surface area contributed by atoms with E-state index in [1.165, 1.54) is 4.90 Å². The van der Waals surface area contributed by atoms with E-state index >= 15 is 0 Å².